The van der Waals surface area contributed by atoms with Crippen molar-refractivity contribution in [2.24, 2.45) is 0 Å². The van der Waals surface area contributed by atoms with Crippen LogP contribution in [0.2, 0.25) is 0 Å². The van der Waals surface area contributed by atoms with Crippen molar-refractivity contribution >= 4 is 11.7 Å². The lowest BCUT2D eigenvalue weighted by atomic mass is 9.86. The van der Waals surface area contributed by atoms with Gasteiger partial charge in [0.05, 0.1) is 0 Å². The Morgan fingerprint density at radius 2 is 1.86 bits per heavy atom. The minimum absolute atomic E-state index is 0.0337. The fourth-order valence-electron chi connectivity index (χ4n) is 1.97. The summed E-state index contributed by atoms with van der Waals surface area (Å²) < 4.78 is 5.66. The zero-order valence-corrected chi connectivity index (χ0v) is 12.6. The van der Waals surface area contributed by atoms with E-state index >= 15 is 0 Å². The lowest BCUT2D eigenvalue weighted by Gasteiger charge is -2.22. The highest BCUT2D eigenvalue weighted by Crippen LogP contribution is 2.30. The molecule has 1 amide bonds. The summed E-state index contributed by atoms with van der Waals surface area (Å²) in [5, 5.41) is 2.70. The van der Waals surface area contributed by atoms with Gasteiger partial charge in [0.2, 0.25) is 0 Å². The van der Waals surface area contributed by atoms with Crippen LogP contribution < -0.4 is 10.1 Å². The number of pyridine rings is 1. The Morgan fingerprint density at radius 1 is 1.14 bits per heavy atom. The van der Waals surface area contributed by atoms with E-state index in [-0.39, 0.29) is 17.9 Å². The molecule has 1 aromatic carbocycles. The van der Waals surface area contributed by atoms with Crippen molar-refractivity contribution in [3.63, 3.8) is 0 Å². The molecule has 0 fully saturated rings. The first-order valence-corrected chi connectivity index (χ1v) is 6.90. The van der Waals surface area contributed by atoms with E-state index in [9.17, 15) is 4.79 Å². The van der Waals surface area contributed by atoms with Crippen molar-refractivity contribution in [2.45, 2.75) is 26.2 Å². The largest absolute Gasteiger partial charge is 0.483 e. The van der Waals surface area contributed by atoms with E-state index in [4.69, 9.17) is 4.74 Å². The first-order valence-electron chi connectivity index (χ1n) is 6.90. The van der Waals surface area contributed by atoms with E-state index in [0.717, 1.165) is 11.3 Å². The molecule has 0 bridgehead atoms. The number of hydrogen-bond acceptors (Lipinski definition) is 3. The summed E-state index contributed by atoms with van der Waals surface area (Å²) in [7, 11) is 0. The third-order valence-corrected chi connectivity index (χ3v) is 2.99. The second-order valence-electron chi connectivity index (χ2n) is 5.80. The van der Waals surface area contributed by atoms with E-state index in [0.29, 0.717) is 5.82 Å². The Labute approximate surface area is 125 Å². The summed E-state index contributed by atoms with van der Waals surface area (Å²) in [5.74, 6) is 1.04. The molecule has 4 nitrogen and oxygen atoms in total. The zero-order valence-electron chi connectivity index (χ0n) is 12.6. The number of amides is 1. The maximum Gasteiger partial charge on any atom is 0.263 e. The second kappa shape index (κ2) is 6.39. The average Bonchev–Trinajstić information content (AvgIpc) is 2.45. The molecule has 0 aliphatic heterocycles. The number of nitrogens with one attached hydrogen (secondary N) is 1. The van der Waals surface area contributed by atoms with Gasteiger partial charge in [0.25, 0.3) is 5.91 Å². The summed E-state index contributed by atoms with van der Waals surface area (Å²) in [6.45, 7) is 6.30. The van der Waals surface area contributed by atoms with Crippen molar-refractivity contribution in [3.8, 4) is 5.75 Å². The summed E-state index contributed by atoms with van der Waals surface area (Å²) in [6, 6.07) is 13.1. The third kappa shape index (κ3) is 4.31. The van der Waals surface area contributed by atoms with Gasteiger partial charge in [0.15, 0.2) is 6.61 Å². The number of benzene rings is 1. The van der Waals surface area contributed by atoms with Gasteiger partial charge in [0.1, 0.15) is 11.6 Å². The Morgan fingerprint density at radius 3 is 2.52 bits per heavy atom. The van der Waals surface area contributed by atoms with E-state index < -0.39 is 0 Å². The first kappa shape index (κ1) is 15.0. The number of rotatable bonds is 4. The fraction of sp³-hybridized carbons (Fsp3) is 0.294. The summed E-state index contributed by atoms with van der Waals surface area (Å²) in [4.78, 5) is 15.9. The summed E-state index contributed by atoms with van der Waals surface area (Å²) in [5.41, 5.74) is 1.05. The minimum Gasteiger partial charge on any atom is -0.483 e. The van der Waals surface area contributed by atoms with E-state index in [1.165, 1.54) is 0 Å². The molecule has 0 aliphatic carbocycles. The quantitative estimate of drug-likeness (QED) is 0.936. The van der Waals surface area contributed by atoms with Gasteiger partial charge in [-0.1, -0.05) is 45.0 Å². The second-order valence-corrected chi connectivity index (χ2v) is 5.80. The number of carbonyl (C=O) groups is 1. The SMILES string of the molecule is CC(C)(C)c1ccccc1OCC(=O)Nc1ccccn1. The molecule has 0 unspecified atom stereocenters. The number of hydrogen-bond donors (Lipinski definition) is 1. The Kier molecular flexibility index (Phi) is 4.58. The maximum absolute atomic E-state index is 11.9. The number of nitrogens with zero attached hydrogens (tertiary/aromatic N) is 1. The average molecular weight is 284 g/mol. The fourth-order valence-corrected chi connectivity index (χ4v) is 1.97. The lowest BCUT2D eigenvalue weighted by Crippen LogP contribution is -2.22. The van der Waals surface area contributed by atoms with Crippen LogP contribution in [0.25, 0.3) is 0 Å². The molecule has 0 radical (unpaired) electrons. The Balaban J connectivity index is 1.99. The standard InChI is InChI=1S/C17H20N2O2/c1-17(2,3)13-8-4-5-9-14(13)21-12-16(20)19-15-10-6-7-11-18-15/h4-11H,12H2,1-3H3,(H,18,19,20). The van der Waals surface area contributed by atoms with Gasteiger partial charge < -0.3 is 10.1 Å². The van der Waals surface area contributed by atoms with Crippen molar-refractivity contribution in [1.29, 1.82) is 0 Å². The molecule has 1 heterocycles. The molecule has 0 saturated heterocycles. The highest BCUT2D eigenvalue weighted by atomic mass is 16.5. The van der Waals surface area contributed by atoms with Gasteiger partial charge in [-0.3, -0.25) is 4.79 Å². The highest BCUT2D eigenvalue weighted by Gasteiger charge is 2.18. The number of para-hydroxylation sites is 1. The molecule has 110 valence electrons. The first-order chi connectivity index (χ1) is 9.97. The molecule has 0 spiro atoms. The number of ether oxygens (including phenoxy) is 1. The third-order valence-electron chi connectivity index (χ3n) is 2.99. The molecule has 0 atom stereocenters. The summed E-state index contributed by atoms with van der Waals surface area (Å²) >= 11 is 0. The maximum atomic E-state index is 11.9. The predicted octanol–water partition coefficient (Wildman–Crippen LogP) is 3.40. The lowest BCUT2D eigenvalue weighted by molar-refractivity contribution is -0.118. The van der Waals surface area contributed by atoms with Crippen molar-refractivity contribution in [3.05, 3.63) is 54.2 Å². The van der Waals surface area contributed by atoms with Crippen LogP contribution in [0.15, 0.2) is 48.7 Å². The molecule has 2 aromatic rings. The molecule has 0 saturated carbocycles. The molecule has 1 N–H and O–H groups in total. The van der Waals surface area contributed by atoms with Gasteiger partial charge in [-0.25, -0.2) is 4.98 Å². The van der Waals surface area contributed by atoms with E-state index in [1.807, 2.05) is 30.3 Å². The monoisotopic (exact) mass is 284 g/mol. The Bertz CT molecular complexity index is 604. The molecule has 0 aliphatic rings. The van der Waals surface area contributed by atoms with Gasteiger partial charge in [-0.05, 0) is 29.2 Å². The van der Waals surface area contributed by atoms with Crippen LogP contribution in [0.3, 0.4) is 0 Å². The van der Waals surface area contributed by atoms with Gasteiger partial charge in [-0.2, -0.15) is 0 Å². The highest BCUT2D eigenvalue weighted by molar-refractivity contribution is 5.90. The van der Waals surface area contributed by atoms with E-state index in [1.54, 1.807) is 18.3 Å². The Hall–Kier alpha value is -2.36. The van der Waals surface area contributed by atoms with Crippen LogP contribution in [-0.2, 0) is 10.2 Å². The van der Waals surface area contributed by atoms with Crippen LogP contribution in [-0.4, -0.2) is 17.5 Å². The van der Waals surface area contributed by atoms with Gasteiger partial charge in [-0.15, -0.1) is 0 Å². The molecular weight excluding hydrogens is 264 g/mol. The van der Waals surface area contributed by atoms with Gasteiger partial charge in [0, 0.05) is 6.20 Å². The van der Waals surface area contributed by atoms with Gasteiger partial charge >= 0.3 is 0 Å². The van der Waals surface area contributed by atoms with Crippen LogP contribution >= 0.6 is 0 Å². The molecule has 1 aromatic heterocycles. The minimum atomic E-state index is -0.225. The topological polar surface area (TPSA) is 51.2 Å². The molecule has 21 heavy (non-hydrogen) atoms. The van der Waals surface area contributed by atoms with Crippen molar-refractivity contribution in [2.75, 3.05) is 11.9 Å². The normalized spacial score (nSPS) is 11.0. The molecular formula is C17H20N2O2. The number of aromatic nitrogens is 1. The molecule has 4 heteroatoms. The van der Waals surface area contributed by atoms with Crippen LogP contribution in [0.5, 0.6) is 5.75 Å². The summed E-state index contributed by atoms with van der Waals surface area (Å²) in [6.07, 6.45) is 1.63. The smallest absolute Gasteiger partial charge is 0.263 e. The molecule has 2 rings (SSSR count). The zero-order chi connectivity index (χ0) is 15.3. The van der Waals surface area contributed by atoms with E-state index in [2.05, 4.69) is 31.1 Å². The van der Waals surface area contributed by atoms with Crippen LogP contribution in [0, 0.1) is 0 Å². The van der Waals surface area contributed by atoms with Crippen molar-refractivity contribution in [1.82, 2.24) is 4.98 Å². The predicted molar refractivity (Wildman–Crippen MR) is 83.5 cm³/mol. The number of anilines is 1. The number of carbonyl (C=O) groups excluding carboxylic acids is 1. The van der Waals surface area contributed by atoms with Crippen LogP contribution in [0.4, 0.5) is 5.82 Å². The van der Waals surface area contributed by atoms with Crippen LogP contribution in [0.1, 0.15) is 26.3 Å². The van der Waals surface area contributed by atoms with Crippen molar-refractivity contribution < 1.29 is 9.53 Å².